The van der Waals surface area contributed by atoms with Crippen LogP contribution >= 0.6 is 11.3 Å². The van der Waals surface area contributed by atoms with Crippen molar-refractivity contribution in [2.24, 2.45) is 0 Å². The van der Waals surface area contributed by atoms with Gasteiger partial charge in [-0.3, -0.25) is 0 Å². The summed E-state index contributed by atoms with van der Waals surface area (Å²) in [5.74, 6) is 0. The Morgan fingerprint density at radius 3 is 2.50 bits per heavy atom. The van der Waals surface area contributed by atoms with Gasteiger partial charge in [0.15, 0.2) is 0 Å². The normalized spacial score (nSPS) is 12.5. The smallest absolute Gasteiger partial charge is 0.0470 e. The predicted molar refractivity (Wildman–Crippen MR) is 106 cm³/mol. The van der Waals surface area contributed by atoms with Gasteiger partial charge >= 0.3 is 0 Å². The molecule has 0 unspecified atom stereocenters. The van der Waals surface area contributed by atoms with E-state index in [1.54, 1.807) is 0 Å². The van der Waals surface area contributed by atoms with Crippen molar-refractivity contribution in [1.82, 2.24) is 0 Å². The topological polar surface area (TPSA) is 12.0 Å². The highest BCUT2D eigenvalue weighted by Crippen LogP contribution is 2.50. The Balaban J connectivity index is 1.97. The van der Waals surface area contributed by atoms with Gasteiger partial charge < -0.3 is 5.32 Å². The Morgan fingerprint density at radius 2 is 1.50 bits per heavy atom. The van der Waals surface area contributed by atoms with E-state index in [9.17, 15) is 0 Å². The van der Waals surface area contributed by atoms with Crippen molar-refractivity contribution in [2.45, 2.75) is 0 Å². The number of nitrogens with one attached hydrogen (secondary N) is 1. The van der Waals surface area contributed by atoms with Crippen LogP contribution in [-0.2, 0) is 0 Å². The van der Waals surface area contributed by atoms with E-state index in [0.29, 0.717) is 0 Å². The van der Waals surface area contributed by atoms with E-state index < -0.39 is 0 Å². The van der Waals surface area contributed by atoms with E-state index in [0.717, 1.165) is 0 Å². The molecule has 2 heterocycles. The lowest BCUT2D eigenvalue weighted by Gasteiger charge is -2.23. The average molecular weight is 323 g/mol. The largest absolute Gasteiger partial charge is 0.354 e. The van der Waals surface area contributed by atoms with Crippen molar-refractivity contribution in [3.63, 3.8) is 0 Å². The van der Waals surface area contributed by atoms with Gasteiger partial charge in [-0.05, 0) is 29.7 Å². The number of hydrogen-bond acceptors (Lipinski definition) is 2. The van der Waals surface area contributed by atoms with Crippen LogP contribution in [0.2, 0.25) is 0 Å². The van der Waals surface area contributed by atoms with Gasteiger partial charge in [-0.15, -0.1) is 11.3 Å². The molecule has 1 aromatic heterocycles. The molecule has 0 spiro atoms. The van der Waals surface area contributed by atoms with Crippen LogP contribution in [0.3, 0.4) is 0 Å². The maximum atomic E-state index is 3.61. The van der Waals surface area contributed by atoms with Gasteiger partial charge in [0.2, 0.25) is 0 Å². The van der Waals surface area contributed by atoms with E-state index in [4.69, 9.17) is 0 Å². The molecule has 0 aliphatic carbocycles. The molecule has 0 amide bonds. The maximum absolute atomic E-state index is 3.61. The van der Waals surface area contributed by atoms with Crippen LogP contribution in [0.1, 0.15) is 0 Å². The van der Waals surface area contributed by atoms with Crippen molar-refractivity contribution in [1.29, 1.82) is 0 Å². The predicted octanol–water partition coefficient (Wildman–Crippen LogP) is 6.93. The zero-order valence-electron chi connectivity index (χ0n) is 12.8. The van der Waals surface area contributed by atoms with Crippen molar-refractivity contribution >= 4 is 53.7 Å². The molecule has 0 fully saturated rings. The standard InChI is InChI=1S/C22H13NS/c1-3-9-16-14(7-1)22-20-13(6-5-10-17(20)23-16)12-19-21(22)15-8-2-4-11-18(15)24-19/h1-12,23H. The van der Waals surface area contributed by atoms with Crippen LogP contribution in [0.4, 0.5) is 11.4 Å². The quantitative estimate of drug-likeness (QED) is 0.319. The molecule has 0 atom stereocenters. The zero-order valence-corrected chi connectivity index (χ0v) is 13.7. The first-order chi connectivity index (χ1) is 11.9. The SMILES string of the molecule is c1ccc2c(c1)Nc1cccc3cc4sc5ccccc5c4c-2c13. The third-order valence-corrected chi connectivity index (χ3v) is 6.09. The molecule has 2 heteroatoms. The van der Waals surface area contributed by atoms with Crippen LogP contribution in [0.5, 0.6) is 0 Å². The van der Waals surface area contributed by atoms with Gasteiger partial charge in [0.1, 0.15) is 0 Å². The Labute approximate surface area is 143 Å². The Kier molecular flexibility index (Phi) is 2.29. The monoisotopic (exact) mass is 323 g/mol. The molecule has 0 radical (unpaired) electrons. The minimum absolute atomic E-state index is 1.19. The molecule has 1 aliphatic heterocycles. The van der Waals surface area contributed by atoms with Gasteiger partial charge in [-0.1, -0.05) is 48.5 Å². The van der Waals surface area contributed by atoms with Crippen LogP contribution in [-0.4, -0.2) is 0 Å². The first kappa shape index (κ1) is 12.6. The third kappa shape index (κ3) is 1.49. The number of rotatable bonds is 0. The molecule has 6 rings (SSSR count). The van der Waals surface area contributed by atoms with Crippen LogP contribution in [0.25, 0.3) is 42.1 Å². The highest BCUT2D eigenvalue weighted by atomic mass is 32.1. The van der Waals surface area contributed by atoms with Crippen molar-refractivity contribution in [2.75, 3.05) is 5.32 Å². The summed E-state index contributed by atoms with van der Waals surface area (Å²) in [6, 6.07) is 26.3. The molecule has 1 N–H and O–H groups in total. The summed E-state index contributed by atoms with van der Waals surface area (Å²) in [6.45, 7) is 0. The molecule has 112 valence electrons. The minimum atomic E-state index is 1.19. The fraction of sp³-hybridized carbons (Fsp3) is 0. The van der Waals surface area contributed by atoms with Crippen LogP contribution in [0, 0.1) is 0 Å². The van der Waals surface area contributed by atoms with Crippen LogP contribution < -0.4 is 5.32 Å². The van der Waals surface area contributed by atoms with E-state index in [1.165, 1.54) is 53.4 Å². The second kappa shape index (κ2) is 4.37. The summed E-state index contributed by atoms with van der Waals surface area (Å²) in [5.41, 5.74) is 5.08. The lowest BCUT2D eigenvalue weighted by molar-refractivity contribution is 1.55. The van der Waals surface area contributed by atoms with Gasteiger partial charge in [0, 0.05) is 48.1 Å². The number of fused-ring (bicyclic) bond motifs is 6. The van der Waals surface area contributed by atoms with Gasteiger partial charge in [0.25, 0.3) is 0 Å². The first-order valence-electron chi connectivity index (χ1n) is 8.13. The summed E-state index contributed by atoms with van der Waals surface area (Å²) in [6.07, 6.45) is 0. The molecule has 0 bridgehead atoms. The molecule has 5 aromatic rings. The summed E-state index contributed by atoms with van der Waals surface area (Å²) >= 11 is 1.89. The Morgan fingerprint density at radius 1 is 0.667 bits per heavy atom. The Hall–Kier alpha value is -2.84. The molecular formula is C22H13NS. The van der Waals surface area contributed by atoms with Crippen molar-refractivity contribution in [3.05, 3.63) is 72.8 Å². The van der Waals surface area contributed by atoms with Gasteiger partial charge in [-0.2, -0.15) is 0 Å². The second-order valence-corrected chi connectivity index (χ2v) is 7.38. The van der Waals surface area contributed by atoms with E-state index in [1.807, 2.05) is 11.3 Å². The van der Waals surface area contributed by atoms with Gasteiger partial charge in [0.05, 0.1) is 0 Å². The molecular weight excluding hydrogens is 310 g/mol. The lowest BCUT2D eigenvalue weighted by atomic mass is 9.89. The lowest BCUT2D eigenvalue weighted by Crippen LogP contribution is -2.01. The highest BCUT2D eigenvalue weighted by molar-refractivity contribution is 7.26. The molecule has 4 aromatic carbocycles. The minimum Gasteiger partial charge on any atom is -0.354 e. The summed E-state index contributed by atoms with van der Waals surface area (Å²) in [5, 5.41) is 9.02. The third-order valence-electron chi connectivity index (χ3n) is 4.97. The van der Waals surface area contributed by atoms with Crippen LogP contribution in [0.15, 0.2) is 72.8 Å². The van der Waals surface area contributed by atoms with Crippen molar-refractivity contribution < 1.29 is 0 Å². The number of benzene rings is 4. The molecule has 0 saturated carbocycles. The molecule has 24 heavy (non-hydrogen) atoms. The summed E-state index contributed by atoms with van der Waals surface area (Å²) in [7, 11) is 0. The van der Waals surface area contributed by atoms with E-state index in [-0.39, 0.29) is 0 Å². The van der Waals surface area contributed by atoms with E-state index in [2.05, 4.69) is 78.1 Å². The second-order valence-electron chi connectivity index (χ2n) is 6.30. The number of anilines is 2. The number of hydrogen-bond donors (Lipinski definition) is 1. The summed E-state index contributed by atoms with van der Waals surface area (Å²) in [4.78, 5) is 0. The molecule has 0 saturated heterocycles. The maximum Gasteiger partial charge on any atom is 0.0470 e. The Bertz CT molecular complexity index is 1280. The number of para-hydroxylation sites is 1. The number of thiophene rings is 1. The summed E-state index contributed by atoms with van der Waals surface area (Å²) < 4.78 is 2.73. The van der Waals surface area contributed by atoms with E-state index >= 15 is 0 Å². The zero-order chi connectivity index (χ0) is 15.7. The fourth-order valence-electron chi connectivity index (χ4n) is 3.99. The van der Waals surface area contributed by atoms with Crippen molar-refractivity contribution in [3.8, 4) is 11.1 Å². The average Bonchev–Trinajstić information content (AvgIpc) is 2.99. The molecule has 1 nitrogen and oxygen atoms in total. The first-order valence-corrected chi connectivity index (χ1v) is 8.95. The molecule has 1 aliphatic rings. The fourth-order valence-corrected chi connectivity index (χ4v) is 5.15. The van der Waals surface area contributed by atoms with Gasteiger partial charge in [-0.25, -0.2) is 0 Å². The highest BCUT2D eigenvalue weighted by Gasteiger charge is 2.22.